The fourth-order valence-corrected chi connectivity index (χ4v) is 2.05. The van der Waals surface area contributed by atoms with Gasteiger partial charge in [-0.3, -0.25) is 0 Å². The highest BCUT2D eigenvalue weighted by atomic mass is 35.5. The van der Waals surface area contributed by atoms with Crippen LogP contribution in [0, 0.1) is 11.6 Å². The minimum absolute atomic E-state index is 0.0598. The minimum atomic E-state index is -1.05. The van der Waals surface area contributed by atoms with Crippen molar-refractivity contribution >= 4 is 17.3 Å². The molecule has 0 aliphatic heterocycles. The molecule has 3 N–H and O–H groups in total. The number of nitrogens with two attached hydrogens (primary N) is 1. The van der Waals surface area contributed by atoms with Crippen molar-refractivity contribution in [2.75, 3.05) is 5.73 Å². The molecule has 1 unspecified atom stereocenters. The van der Waals surface area contributed by atoms with Gasteiger partial charge in [0.1, 0.15) is 11.6 Å². The standard InChI is InChI=1S/C14H12ClF2NO/c15-12-3-1-9(16)5-8(12)6-14(19)11-7-10(17)2-4-13(11)18/h1-5,7,14,19H,6,18H2. The van der Waals surface area contributed by atoms with E-state index in [0.717, 1.165) is 6.07 Å². The molecule has 2 nitrogen and oxygen atoms in total. The van der Waals surface area contributed by atoms with Crippen LogP contribution in [0.5, 0.6) is 0 Å². The monoisotopic (exact) mass is 283 g/mol. The van der Waals surface area contributed by atoms with Gasteiger partial charge in [0.25, 0.3) is 0 Å². The lowest BCUT2D eigenvalue weighted by atomic mass is 10.00. The van der Waals surface area contributed by atoms with E-state index in [4.69, 9.17) is 17.3 Å². The molecule has 0 fully saturated rings. The van der Waals surface area contributed by atoms with Crippen LogP contribution in [0.2, 0.25) is 5.02 Å². The SMILES string of the molecule is Nc1ccc(F)cc1C(O)Cc1cc(F)ccc1Cl. The van der Waals surface area contributed by atoms with Crippen LogP contribution in [0.1, 0.15) is 17.2 Å². The summed E-state index contributed by atoms with van der Waals surface area (Å²) in [6.45, 7) is 0. The minimum Gasteiger partial charge on any atom is -0.398 e. The molecular weight excluding hydrogens is 272 g/mol. The van der Waals surface area contributed by atoms with E-state index in [2.05, 4.69) is 0 Å². The Hall–Kier alpha value is -1.65. The van der Waals surface area contributed by atoms with Gasteiger partial charge in [0.15, 0.2) is 0 Å². The molecule has 0 radical (unpaired) electrons. The van der Waals surface area contributed by atoms with Crippen LogP contribution in [-0.4, -0.2) is 5.11 Å². The number of aliphatic hydroxyl groups excluding tert-OH is 1. The van der Waals surface area contributed by atoms with Gasteiger partial charge >= 0.3 is 0 Å². The zero-order chi connectivity index (χ0) is 14.0. The van der Waals surface area contributed by atoms with Crippen molar-refractivity contribution in [3.8, 4) is 0 Å². The third-order valence-corrected chi connectivity index (χ3v) is 3.20. The van der Waals surface area contributed by atoms with E-state index in [9.17, 15) is 13.9 Å². The maximum Gasteiger partial charge on any atom is 0.123 e. The summed E-state index contributed by atoms with van der Waals surface area (Å²) >= 11 is 5.92. The molecule has 0 saturated carbocycles. The van der Waals surface area contributed by atoms with Gasteiger partial charge in [-0.1, -0.05) is 11.6 Å². The first-order chi connectivity index (χ1) is 8.97. The van der Waals surface area contributed by atoms with Gasteiger partial charge in [-0.2, -0.15) is 0 Å². The summed E-state index contributed by atoms with van der Waals surface area (Å²) in [6.07, 6.45) is -0.987. The van der Waals surface area contributed by atoms with E-state index in [1.165, 1.54) is 30.3 Å². The van der Waals surface area contributed by atoms with Gasteiger partial charge in [0.05, 0.1) is 6.10 Å². The average Bonchev–Trinajstić information content (AvgIpc) is 2.36. The lowest BCUT2D eigenvalue weighted by molar-refractivity contribution is 0.178. The highest BCUT2D eigenvalue weighted by Gasteiger charge is 2.15. The van der Waals surface area contributed by atoms with E-state index in [-0.39, 0.29) is 17.7 Å². The number of hydrogen-bond acceptors (Lipinski definition) is 2. The molecule has 19 heavy (non-hydrogen) atoms. The number of rotatable bonds is 3. The number of halogens is 3. The number of hydrogen-bond donors (Lipinski definition) is 2. The normalized spacial score (nSPS) is 12.4. The lowest BCUT2D eigenvalue weighted by Crippen LogP contribution is -2.06. The lowest BCUT2D eigenvalue weighted by Gasteiger charge is -2.14. The van der Waals surface area contributed by atoms with Crippen LogP contribution in [0.15, 0.2) is 36.4 Å². The summed E-state index contributed by atoms with van der Waals surface area (Å²) in [4.78, 5) is 0. The Bertz CT molecular complexity index is 604. The van der Waals surface area contributed by atoms with Gasteiger partial charge < -0.3 is 10.8 Å². The van der Waals surface area contributed by atoms with Gasteiger partial charge in [-0.05, 0) is 42.0 Å². The summed E-state index contributed by atoms with van der Waals surface area (Å²) in [5.41, 5.74) is 6.66. The molecule has 0 aliphatic rings. The van der Waals surface area contributed by atoms with Crippen LogP contribution in [0.4, 0.5) is 14.5 Å². The number of aliphatic hydroxyl groups is 1. The summed E-state index contributed by atoms with van der Waals surface area (Å²) < 4.78 is 26.3. The quantitative estimate of drug-likeness (QED) is 0.847. The Morgan fingerprint density at radius 3 is 2.47 bits per heavy atom. The van der Waals surface area contributed by atoms with Gasteiger partial charge in [0.2, 0.25) is 0 Å². The molecule has 0 bridgehead atoms. The van der Waals surface area contributed by atoms with E-state index >= 15 is 0 Å². The first-order valence-electron chi connectivity index (χ1n) is 5.64. The second-order valence-corrected chi connectivity index (χ2v) is 4.64. The maximum absolute atomic E-state index is 13.1. The van der Waals surface area contributed by atoms with Crippen molar-refractivity contribution in [3.05, 3.63) is 64.2 Å². The van der Waals surface area contributed by atoms with Crippen LogP contribution >= 0.6 is 11.6 Å². The van der Waals surface area contributed by atoms with Crippen LogP contribution in [0.25, 0.3) is 0 Å². The summed E-state index contributed by atoms with van der Waals surface area (Å²) in [6, 6.07) is 7.62. The Morgan fingerprint density at radius 1 is 1.11 bits per heavy atom. The first kappa shape index (κ1) is 13.8. The van der Waals surface area contributed by atoms with Crippen molar-refractivity contribution in [1.82, 2.24) is 0 Å². The molecule has 2 aromatic rings. The third kappa shape index (κ3) is 3.22. The zero-order valence-electron chi connectivity index (χ0n) is 9.91. The molecule has 100 valence electrons. The van der Waals surface area contributed by atoms with Gasteiger partial charge in [-0.25, -0.2) is 8.78 Å². The number of nitrogen functional groups attached to an aromatic ring is 1. The van der Waals surface area contributed by atoms with Crippen molar-refractivity contribution < 1.29 is 13.9 Å². The summed E-state index contributed by atoms with van der Waals surface area (Å²) in [5, 5.41) is 10.4. The van der Waals surface area contributed by atoms with Crippen LogP contribution in [-0.2, 0) is 6.42 Å². The topological polar surface area (TPSA) is 46.2 Å². The van der Waals surface area contributed by atoms with Crippen LogP contribution < -0.4 is 5.73 Å². The predicted molar refractivity (Wildman–Crippen MR) is 70.9 cm³/mol. The summed E-state index contributed by atoms with van der Waals surface area (Å²) in [5.74, 6) is -0.938. The average molecular weight is 284 g/mol. The Morgan fingerprint density at radius 2 is 1.74 bits per heavy atom. The second kappa shape index (κ2) is 5.55. The van der Waals surface area contributed by atoms with Gasteiger partial charge in [0, 0.05) is 22.7 Å². The molecule has 0 amide bonds. The Kier molecular flexibility index (Phi) is 4.02. The molecule has 1 atom stereocenters. The Balaban J connectivity index is 2.27. The molecule has 0 aliphatic carbocycles. The molecule has 2 rings (SSSR count). The molecule has 0 spiro atoms. The molecule has 0 heterocycles. The van der Waals surface area contributed by atoms with Crippen molar-refractivity contribution in [2.24, 2.45) is 0 Å². The van der Waals surface area contributed by atoms with Crippen molar-refractivity contribution in [3.63, 3.8) is 0 Å². The van der Waals surface area contributed by atoms with E-state index in [1.54, 1.807) is 0 Å². The van der Waals surface area contributed by atoms with Crippen molar-refractivity contribution in [2.45, 2.75) is 12.5 Å². The smallest absolute Gasteiger partial charge is 0.123 e. The molecule has 0 aromatic heterocycles. The molecule has 5 heteroatoms. The van der Waals surface area contributed by atoms with Crippen LogP contribution in [0.3, 0.4) is 0 Å². The highest BCUT2D eigenvalue weighted by molar-refractivity contribution is 6.31. The second-order valence-electron chi connectivity index (χ2n) is 4.23. The van der Waals surface area contributed by atoms with Crippen molar-refractivity contribution in [1.29, 1.82) is 0 Å². The summed E-state index contributed by atoms with van der Waals surface area (Å²) in [7, 11) is 0. The third-order valence-electron chi connectivity index (χ3n) is 2.83. The maximum atomic E-state index is 13.1. The molecule has 0 saturated heterocycles. The van der Waals surface area contributed by atoms with Gasteiger partial charge in [-0.15, -0.1) is 0 Å². The molecule has 2 aromatic carbocycles. The fraction of sp³-hybridized carbons (Fsp3) is 0.143. The fourth-order valence-electron chi connectivity index (χ4n) is 1.85. The van der Waals surface area contributed by atoms with E-state index < -0.39 is 17.7 Å². The van der Waals surface area contributed by atoms with E-state index in [1.807, 2.05) is 0 Å². The zero-order valence-corrected chi connectivity index (χ0v) is 10.7. The highest BCUT2D eigenvalue weighted by Crippen LogP contribution is 2.27. The largest absolute Gasteiger partial charge is 0.398 e. The Labute approximate surface area is 114 Å². The van der Waals surface area contributed by atoms with E-state index in [0.29, 0.717) is 10.6 Å². The predicted octanol–water partition coefficient (Wildman–Crippen LogP) is 3.48. The number of benzene rings is 2. The number of anilines is 1. The first-order valence-corrected chi connectivity index (χ1v) is 6.02. The molecular formula is C14H12ClF2NO.